The minimum atomic E-state index is -3.83. The van der Waals surface area contributed by atoms with Crippen LogP contribution in [0.25, 0.3) is 21.0 Å². The third-order valence-electron chi connectivity index (χ3n) is 6.05. The molecule has 11 heteroatoms. The molecule has 3 heterocycles. The zero-order valence-electron chi connectivity index (χ0n) is 18.3. The van der Waals surface area contributed by atoms with Gasteiger partial charge in [0.25, 0.3) is 10.0 Å². The Hall–Kier alpha value is -2.79. The predicted octanol–water partition coefficient (Wildman–Crippen LogP) is 3.89. The van der Waals surface area contributed by atoms with E-state index in [4.69, 9.17) is 17.3 Å². The molecule has 5 rings (SSSR count). The van der Waals surface area contributed by atoms with E-state index in [0.29, 0.717) is 35.9 Å². The van der Waals surface area contributed by atoms with Crippen molar-refractivity contribution in [2.45, 2.75) is 30.1 Å². The van der Waals surface area contributed by atoms with E-state index in [1.807, 2.05) is 25.1 Å². The Labute approximate surface area is 206 Å². The van der Waals surface area contributed by atoms with Gasteiger partial charge in [-0.1, -0.05) is 30.7 Å². The second-order valence-electron chi connectivity index (χ2n) is 8.16. The number of nitrogen functional groups attached to an aromatic ring is 1. The lowest BCUT2D eigenvalue weighted by Crippen LogP contribution is -2.57. The summed E-state index contributed by atoms with van der Waals surface area (Å²) in [4.78, 5) is 23.3. The predicted molar refractivity (Wildman–Crippen MR) is 134 cm³/mol. The molecule has 1 unspecified atom stereocenters. The van der Waals surface area contributed by atoms with Crippen LogP contribution in [0, 0.1) is 0 Å². The Balaban J connectivity index is 1.39. The van der Waals surface area contributed by atoms with Gasteiger partial charge in [0.15, 0.2) is 0 Å². The first-order valence-electron chi connectivity index (χ1n) is 10.8. The summed E-state index contributed by atoms with van der Waals surface area (Å²) in [5.41, 5.74) is 7.50. The number of hydrogen-bond donors (Lipinski definition) is 1. The maximum Gasteiger partial charge on any atom is 0.253 e. The number of fused-ring (bicyclic) bond motifs is 2. The van der Waals surface area contributed by atoms with Crippen LogP contribution in [0.4, 0.5) is 5.82 Å². The van der Waals surface area contributed by atoms with Crippen LogP contribution in [0.15, 0.2) is 53.0 Å². The Morgan fingerprint density at radius 2 is 1.97 bits per heavy atom. The quantitative estimate of drug-likeness (QED) is 0.432. The highest BCUT2D eigenvalue weighted by atomic mass is 35.5. The lowest BCUT2D eigenvalue weighted by molar-refractivity contribution is -0.139. The molecule has 0 radical (unpaired) electrons. The molecule has 2 N–H and O–H groups in total. The van der Waals surface area contributed by atoms with Crippen LogP contribution in [-0.2, 0) is 21.4 Å². The molecule has 4 aromatic rings. The maximum atomic E-state index is 13.5. The van der Waals surface area contributed by atoms with E-state index in [9.17, 15) is 13.2 Å². The summed E-state index contributed by atoms with van der Waals surface area (Å²) in [6.07, 6.45) is 1.79. The van der Waals surface area contributed by atoms with Gasteiger partial charge in [0.05, 0.1) is 5.52 Å². The second-order valence-corrected chi connectivity index (χ2v) is 11.8. The highest BCUT2D eigenvalue weighted by Gasteiger charge is 2.41. The molecule has 8 nitrogen and oxygen atoms in total. The standard InChI is InChI=1S/C23H22ClN5O3S2/c1-2-19-23(30)28(12-14-3-6-17-18(9-14)26-13-27-22(17)25)7-8-29(19)34(31,32)21-10-15-4-5-16(24)11-20(15)33-21/h3-6,9-11,13,19H,2,7-8,12H2,1H3,(H2,25,26,27). The van der Waals surface area contributed by atoms with E-state index in [-0.39, 0.29) is 16.7 Å². The van der Waals surface area contributed by atoms with E-state index in [2.05, 4.69) is 9.97 Å². The number of nitrogens with zero attached hydrogens (tertiary/aromatic N) is 4. The molecule has 0 bridgehead atoms. The van der Waals surface area contributed by atoms with Crippen molar-refractivity contribution in [2.75, 3.05) is 18.8 Å². The van der Waals surface area contributed by atoms with Crippen LogP contribution in [0.2, 0.25) is 5.02 Å². The number of thiophene rings is 1. The minimum Gasteiger partial charge on any atom is -0.383 e. The number of carbonyl (C=O) groups excluding carboxylic acids is 1. The number of benzene rings is 2. The first kappa shape index (κ1) is 23.0. The van der Waals surface area contributed by atoms with E-state index in [0.717, 1.165) is 21.0 Å². The number of sulfonamides is 1. The van der Waals surface area contributed by atoms with Gasteiger partial charge in [0.2, 0.25) is 5.91 Å². The molecule has 176 valence electrons. The molecule has 34 heavy (non-hydrogen) atoms. The van der Waals surface area contributed by atoms with Gasteiger partial charge in [0.1, 0.15) is 22.4 Å². The maximum absolute atomic E-state index is 13.5. The minimum absolute atomic E-state index is 0.205. The van der Waals surface area contributed by atoms with Crippen molar-refractivity contribution in [1.29, 1.82) is 0 Å². The molecule has 2 aromatic heterocycles. The number of aromatic nitrogens is 2. The van der Waals surface area contributed by atoms with E-state index in [1.54, 1.807) is 29.2 Å². The molecule has 1 fully saturated rings. The van der Waals surface area contributed by atoms with Gasteiger partial charge >= 0.3 is 0 Å². The Morgan fingerprint density at radius 3 is 2.76 bits per heavy atom. The third kappa shape index (κ3) is 4.00. The molecule has 0 aliphatic carbocycles. The number of hydrogen-bond acceptors (Lipinski definition) is 7. The average Bonchev–Trinajstić information content (AvgIpc) is 3.24. The largest absolute Gasteiger partial charge is 0.383 e. The van der Waals surface area contributed by atoms with Crippen molar-refractivity contribution >= 4 is 65.7 Å². The molecule has 2 aromatic carbocycles. The zero-order valence-corrected chi connectivity index (χ0v) is 20.7. The van der Waals surface area contributed by atoms with Crippen molar-refractivity contribution in [1.82, 2.24) is 19.2 Å². The van der Waals surface area contributed by atoms with Crippen LogP contribution in [-0.4, -0.2) is 52.6 Å². The summed E-state index contributed by atoms with van der Waals surface area (Å²) >= 11 is 7.23. The molecule has 1 saturated heterocycles. The average molecular weight is 516 g/mol. The van der Waals surface area contributed by atoms with E-state index >= 15 is 0 Å². The number of nitrogens with two attached hydrogens (primary N) is 1. The smallest absolute Gasteiger partial charge is 0.253 e. The summed E-state index contributed by atoms with van der Waals surface area (Å²) in [5.74, 6) is 0.199. The SMILES string of the molecule is CCC1C(=O)N(Cc2ccc3c(N)ncnc3c2)CCN1S(=O)(=O)c1cc2ccc(Cl)cc2s1. The van der Waals surface area contributed by atoms with Crippen LogP contribution in [0.3, 0.4) is 0 Å². The first-order chi connectivity index (χ1) is 16.3. The zero-order chi connectivity index (χ0) is 24.0. The Bertz CT molecular complexity index is 1520. The fourth-order valence-corrected chi connectivity index (χ4v) is 7.76. The third-order valence-corrected chi connectivity index (χ3v) is 9.74. The van der Waals surface area contributed by atoms with Crippen molar-refractivity contribution in [3.05, 3.63) is 59.4 Å². The van der Waals surface area contributed by atoms with Crippen molar-refractivity contribution < 1.29 is 13.2 Å². The molecule has 1 aliphatic heterocycles. The van der Waals surface area contributed by atoms with Crippen LogP contribution in [0.1, 0.15) is 18.9 Å². The van der Waals surface area contributed by atoms with Crippen LogP contribution < -0.4 is 5.73 Å². The molecule has 0 spiro atoms. The number of carbonyl (C=O) groups is 1. The number of piperazine rings is 1. The van der Waals surface area contributed by atoms with Gasteiger partial charge in [-0.25, -0.2) is 18.4 Å². The van der Waals surface area contributed by atoms with Gasteiger partial charge in [-0.3, -0.25) is 4.79 Å². The Morgan fingerprint density at radius 1 is 1.15 bits per heavy atom. The molecule has 1 aliphatic rings. The highest BCUT2D eigenvalue weighted by molar-refractivity contribution is 7.91. The Kier molecular flexibility index (Phi) is 5.93. The highest BCUT2D eigenvalue weighted by Crippen LogP contribution is 2.34. The molecular formula is C23H22ClN5O3S2. The van der Waals surface area contributed by atoms with Gasteiger partial charge in [-0.15, -0.1) is 11.3 Å². The van der Waals surface area contributed by atoms with E-state index < -0.39 is 16.1 Å². The number of amides is 1. The molecule has 0 saturated carbocycles. The van der Waals surface area contributed by atoms with Crippen molar-refractivity contribution in [3.8, 4) is 0 Å². The monoisotopic (exact) mass is 515 g/mol. The first-order valence-corrected chi connectivity index (χ1v) is 13.4. The number of halogens is 1. The van der Waals surface area contributed by atoms with Crippen molar-refractivity contribution in [3.63, 3.8) is 0 Å². The van der Waals surface area contributed by atoms with Gasteiger partial charge < -0.3 is 10.6 Å². The van der Waals surface area contributed by atoms with Gasteiger partial charge in [-0.2, -0.15) is 4.31 Å². The fraction of sp³-hybridized carbons (Fsp3) is 0.261. The van der Waals surface area contributed by atoms with Gasteiger partial charge in [-0.05, 0) is 47.7 Å². The summed E-state index contributed by atoms with van der Waals surface area (Å²) < 4.78 is 29.4. The molecule has 1 amide bonds. The summed E-state index contributed by atoms with van der Waals surface area (Å²) in [6, 6.07) is 11.8. The van der Waals surface area contributed by atoms with Gasteiger partial charge in [0, 0.05) is 34.7 Å². The summed E-state index contributed by atoms with van der Waals surface area (Å²) in [5, 5.41) is 2.12. The summed E-state index contributed by atoms with van der Waals surface area (Å²) in [6.45, 7) is 2.72. The van der Waals surface area contributed by atoms with E-state index in [1.165, 1.54) is 22.0 Å². The van der Waals surface area contributed by atoms with Crippen LogP contribution in [0.5, 0.6) is 0 Å². The molecule has 1 atom stereocenters. The summed E-state index contributed by atoms with van der Waals surface area (Å²) in [7, 11) is -3.83. The number of anilines is 1. The molecular weight excluding hydrogens is 494 g/mol. The second kappa shape index (κ2) is 8.77. The lowest BCUT2D eigenvalue weighted by Gasteiger charge is -2.39. The topological polar surface area (TPSA) is 109 Å². The lowest BCUT2D eigenvalue weighted by atomic mass is 10.1. The normalized spacial score (nSPS) is 17.6. The van der Waals surface area contributed by atoms with Crippen molar-refractivity contribution in [2.24, 2.45) is 0 Å². The van der Waals surface area contributed by atoms with Crippen LogP contribution >= 0.6 is 22.9 Å². The number of rotatable bonds is 5. The fourth-order valence-electron chi connectivity index (χ4n) is 4.31.